The number of para-hydroxylation sites is 1. The summed E-state index contributed by atoms with van der Waals surface area (Å²) in [4.78, 5) is 39.5. The number of aromatic nitrogens is 1. The van der Waals surface area contributed by atoms with Crippen molar-refractivity contribution in [2.24, 2.45) is 11.7 Å². The lowest BCUT2D eigenvalue weighted by atomic mass is 9.98. The molecule has 1 aromatic carbocycles. The molecule has 0 aliphatic heterocycles. The molecule has 0 radical (unpaired) electrons. The van der Waals surface area contributed by atoms with Gasteiger partial charge in [-0.1, -0.05) is 38.5 Å². The van der Waals surface area contributed by atoms with Crippen LogP contribution in [0.5, 0.6) is 0 Å². The molecule has 7 N–H and O–H groups in total. The molecule has 158 valence electrons. The van der Waals surface area contributed by atoms with Crippen LogP contribution in [0.1, 0.15) is 25.8 Å². The van der Waals surface area contributed by atoms with Gasteiger partial charge in [0.05, 0.1) is 12.6 Å². The number of carbonyl (C=O) groups excluding carboxylic acids is 2. The van der Waals surface area contributed by atoms with Crippen LogP contribution in [0.4, 0.5) is 0 Å². The number of carbonyl (C=O) groups is 3. The molecule has 0 aliphatic carbocycles. The van der Waals surface area contributed by atoms with Crippen LogP contribution < -0.4 is 16.4 Å². The quantitative estimate of drug-likeness (QED) is 0.330. The molecule has 2 rings (SSSR count). The van der Waals surface area contributed by atoms with Gasteiger partial charge in [0.1, 0.15) is 12.1 Å². The molecular weight excluding hydrogens is 376 g/mol. The average molecular weight is 404 g/mol. The summed E-state index contributed by atoms with van der Waals surface area (Å²) < 4.78 is 0. The first kappa shape index (κ1) is 22.4. The second-order valence-electron chi connectivity index (χ2n) is 7.12. The van der Waals surface area contributed by atoms with E-state index in [-0.39, 0.29) is 12.3 Å². The topological polar surface area (TPSA) is 158 Å². The minimum Gasteiger partial charge on any atom is -0.480 e. The summed E-state index contributed by atoms with van der Waals surface area (Å²) in [5.41, 5.74) is 7.64. The Hall–Kier alpha value is -2.91. The molecule has 0 fully saturated rings. The van der Waals surface area contributed by atoms with Crippen LogP contribution in [-0.2, 0) is 20.8 Å². The Morgan fingerprint density at radius 3 is 2.41 bits per heavy atom. The molecule has 0 aliphatic rings. The fourth-order valence-electron chi connectivity index (χ4n) is 2.97. The maximum absolute atomic E-state index is 12.7. The number of rotatable bonds is 10. The molecule has 1 aromatic heterocycles. The lowest BCUT2D eigenvalue weighted by molar-refractivity contribution is -0.143. The highest BCUT2D eigenvalue weighted by molar-refractivity contribution is 5.93. The highest BCUT2D eigenvalue weighted by atomic mass is 16.4. The smallest absolute Gasteiger partial charge is 0.328 e. The number of fused-ring (bicyclic) bond motifs is 1. The molecule has 4 unspecified atom stereocenters. The van der Waals surface area contributed by atoms with Crippen molar-refractivity contribution in [3.05, 3.63) is 36.0 Å². The second-order valence-corrected chi connectivity index (χ2v) is 7.12. The van der Waals surface area contributed by atoms with Gasteiger partial charge in [0.25, 0.3) is 0 Å². The first-order chi connectivity index (χ1) is 13.8. The van der Waals surface area contributed by atoms with Crippen molar-refractivity contribution in [2.75, 3.05) is 6.61 Å². The Balaban J connectivity index is 2.25. The third-order valence-corrected chi connectivity index (χ3v) is 5.09. The van der Waals surface area contributed by atoms with E-state index in [0.717, 1.165) is 16.5 Å². The summed E-state index contributed by atoms with van der Waals surface area (Å²) in [6, 6.07) is 4.19. The standard InChI is InChI=1S/C20H28N4O5/c1-3-11(2)17(21)19(27)23-15(18(26)24-16(10-25)20(28)29)8-12-9-22-14-7-5-4-6-13(12)14/h4-7,9,11,15-17,22,25H,3,8,10,21H2,1-2H3,(H,23,27)(H,24,26)(H,28,29). The van der Waals surface area contributed by atoms with Crippen LogP contribution in [0, 0.1) is 5.92 Å². The van der Waals surface area contributed by atoms with E-state index in [1.54, 1.807) is 6.20 Å². The van der Waals surface area contributed by atoms with Crippen LogP contribution in [0.15, 0.2) is 30.5 Å². The minimum atomic E-state index is -1.46. The molecule has 4 atom stereocenters. The summed E-state index contributed by atoms with van der Waals surface area (Å²) in [5.74, 6) is -2.65. The van der Waals surface area contributed by atoms with E-state index in [9.17, 15) is 19.5 Å². The van der Waals surface area contributed by atoms with E-state index >= 15 is 0 Å². The zero-order chi connectivity index (χ0) is 21.6. The Kier molecular flexibility index (Phi) is 7.74. The third-order valence-electron chi connectivity index (χ3n) is 5.09. The maximum Gasteiger partial charge on any atom is 0.328 e. The first-order valence-corrected chi connectivity index (χ1v) is 9.53. The van der Waals surface area contributed by atoms with Gasteiger partial charge in [-0.15, -0.1) is 0 Å². The van der Waals surface area contributed by atoms with Gasteiger partial charge in [-0.25, -0.2) is 4.79 Å². The molecule has 29 heavy (non-hydrogen) atoms. The van der Waals surface area contributed by atoms with Gasteiger partial charge in [0.15, 0.2) is 0 Å². The van der Waals surface area contributed by atoms with E-state index in [1.165, 1.54) is 0 Å². The Bertz CT molecular complexity index is 865. The minimum absolute atomic E-state index is 0.0870. The number of aliphatic hydroxyl groups excluding tert-OH is 1. The Morgan fingerprint density at radius 2 is 1.79 bits per heavy atom. The van der Waals surface area contributed by atoms with Gasteiger partial charge in [-0.2, -0.15) is 0 Å². The van der Waals surface area contributed by atoms with Crippen molar-refractivity contribution in [1.82, 2.24) is 15.6 Å². The SMILES string of the molecule is CCC(C)C(N)C(=O)NC(Cc1c[nH]c2ccccc12)C(=O)NC(CO)C(=O)O. The number of hydrogen-bond donors (Lipinski definition) is 6. The third kappa shape index (κ3) is 5.55. The van der Waals surface area contributed by atoms with E-state index in [4.69, 9.17) is 10.8 Å². The van der Waals surface area contributed by atoms with Crippen molar-refractivity contribution in [3.63, 3.8) is 0 Å². The van der Waals surface area contributed by atoms with Gasteiger partial charge in [-0.3, -0.25) is 9.59 Å². The van der Waals surface area contributed by atoms with Crippen LogP contribution in [0.2, 0.25) is 0 Å². The molecular formula is C20H28N4O5. The number of carboxylic acids is 1. The zero-order valence-electron chi connectivity index (χ0n) is 16.5. The largest absolute Gasteiger partial charge is 0.480 e. The zero-order valence-corrected chi connectivity index (χ0v) is 16.5. The number of nitrogens with two attached hydrogens (primary N) is 1. The molecule has 0 spiro atoms. The number of aliphatic carboxylic acids is 1. The predicted molar refractivity (Wildman–Crippen MR) is 108 cm³/mol. The summed E-state index contributed by atoms with van der Waals surface area (Å²) in [6.07, 6.45) is 2.57. The van der Waals surface area contributed by atoms with E-state index in [1.807, 2.05) is 38.1 Å². The van der Waals surface area contributed by atoms with E-state index in [2.05, 4.69) is 15.6 Å². The Labute approximate surface area is 168 Å². The van der Waals surface area contributed by atoms with Crippen molar-refractivity contribution >= 4 is 28.7 Å². The molecule has 2 amide bonds. The number of aliphatic hydroxyl groups is 1. The maximum atomic E-state index is 12.7. The predicted octanol–water partition coefficient (Wildman–Crippen LogP) is 0.130. The van der Waals surface area contributed by atoms with Crippen LogP contribution in [-0.4, -0.2) is 57.7 Å². The normalized spacial score (nSPS) is 15.3. The molecule has 0 saturated carbocycles. The average Bonchev–Trinajstić information content (AvgIpc) is 3.12. The lowest BCUT2D eigenvalue weighted by Gasteiger charge is -2.24. The summed E-state index contributed by atoms with van der Waals surface area (Å²) in [7, 11) is 0. The lowest BCUT2D eigenvalue weighted by Crippen LogP contribution is -2.56. The molecule has 9 nitrogen and oxygen atoms in total. The highest BCUT2D eigenvalue weighted by Gasteiger charge is 2.29. The number of carboxylic acid groups (broad SMARTS) is 1. The molecule has 0 saturated heterocycles. The van der Waals surface area contributed by atoms with Crippen molar-refractivity contribution < 1.29 is 24.6 Å². The summed E-state index contributed by atoms with van der Waals surface area (Å²) in [5, 5.41) is 24.1. The molecule has 0 bridgehead atoms. The van der Waals surface area contributed by atoms with Crippen molar-refractivity contribution in [1.29, 1.82) is 0 Å². The molecule has 1 heterocycles. The number of H-pyrrole nitrogens is 1. The van der Waals surface area contributed by atoms with Gasteiger partial charge in [-0.05, 0) is 17.5 Å². The number of benzene rings is 1. The fraction of sp³-hybridized carbons (Fsp3) is 0.450. The van der Waals surface area contributed by atoms with Crippen LogP contribution in [0.25, 0.3) is 10.9 Å². The van der Waals surface area contributed by atoms with Crippen molar-refractivity contribution in [3.8, 4) is 0 Å². The monoisotopic (exact) mass is 404 g/mol. The fourth-order valence-corrected chi connectivity index (χ4v) is 2.97. The first-order valence-electron chi connectivity index (χ1n) is 9.53. The van der Waals surface area contributed by atoms with Gasteiger partial charge < -0.3 is 31.6 Å². The van der Waals surface area contributed by atoms with E-state index < -0.39 is 42.5 Å². The highest BCUT2D eigenvalue weighted by Crippen LogP contribution is 2.19. The van der Waals surface area contributed by atoms with Gasteiger partial charge in [0, 0.05) is 23.5 Å². The number of amides is 2. The van der Waals surface area contributed by atoms with Gasteiger partial charge >= 0.3 is 5.97 Å². The van der Waals surface area contributed by atoms with Crippen LogP contribution >= 0.6 is 0 Å². The van der Waals surface area contributed by atoms with Crippen molar-refractivity contribution in [2.45, 2.75) is 44.8 Å². The van der Waals surface area contributed by atoms with Gasteiger partial charge in [0.2, 0.25) is 11.8 Å². The van der Waals surface area contributed by atoms with E-state index in [0.29, 0.717) is 6.42 Å². The van der Waals surface area contributed by atoms with Crippen LogP contribution in [0.3, 0.4) is 0 Å². The summed E-state index contributed by atoms with van der Waals surface area (Å²) in [6.45, 7) is 2.99. The summed E-state index contributed by atoms with van der Waals surface area (Å²) >= 11 is 0. The molecule has 2 aromatic rings. The number of nitrogens with one attached hydrogen (secondary N) is 3. The second kappa shape index (κ2) is 10.0. The molecule has 9 heteroatoms. The number of aromatic amines is 1. The Morgan fingerprint density at radius 1 is 1.14 bits per heavy atom. The number of hydrogen-bond acceptors (Lipinski definition) is 5.